The fraction of sp³-hybridized carbons (Fsp3) is 0.167. The van der Waals surface area contributed by atoms with Crippen molar-refractivity contribution in [3.8, 4) is 0 Å². The van der Waals surface area contributed by atoms with E-state index in [9.17, 15) is 10.1 Å². The minimum atomic E-state index is -0.403. The van der Waals surface area contributed by atoms with Gasteiger partial charge in [-0.15, -0.1) is 0 Å². The molecule has 0 aliphatic carbocycles. The molecule has 0 saturated heterocycles. The highest BCUT2D eigenvalue weighted by Gasteiger charge is 2.09. The van der Waals surface area contributed by atoms with Crippen LogP contribution in [-0.4, -0.2) is 9.49 Å². The average molecular weight is 310 g/mol. The number of nitrogens with one attached hydrogen (secondary N) is 1. The van der Waals surface area contributed by atoms with Gasteiger partial charge in [0.1, 0.15) is 0 Å². The molecule has 0 aliphatic heterocycles. The van der Waals surface area contributed by atoms with Crippen molar-refractivity contribution in [2.24, 2.45) is 7.05 Å². The smallest absolute Gasteiger partial charge is 0.271 e. The molecule has 0 fully saturated rings. The largest absolute Gasteiger partial charge is 0.378 e. The lowest BCUT2D eigenvalue weighted by Crippen LogP contribution is -2.04. The molecule has 0 amide bonds. The molecule has 0 unspecified atom stereocenters. The molecule has 2 aromatic rings. The highest BCUT2D eigenvalue weighted by molar-refractivity contribution is 9.10. The van der Waals surface area contributed by atoms with Crippen LogP contribution in [0.15, 0.2) is 41.0 Å². The summed E-state index contributed by atoms with van der Waals surface area (Å²) in [6.45, 7) is 0.614. The van der Waals surface area contributed by atoms with Gasteiger partial charge in [-0.1, -0.05) is 0 Å². The number of halogens is 1. The van der Waals surface area contributed by atoms with E-state index >= 15 is 0 Å². The van der Waals surface area contributed by atoms with Gasteiger partial charge in [-0.2, -0.15) is 0 Å². The molecule has 94 valence electrons. The normalized spacial score (nSPS) is 10.3. The van der Waals surface area contributed by atoms with E-state index < -0.39 is 4.92 Å². The summed E-state index contributed by atoms with van der Waals surface area (Å²) in [5, 5.41) is 13.9. The lowest BCUT2D eigenvalue weighted by Gasteiger charge is -2.09. The number of aryl methyl sites for hydroxylation is 1. The fourth-order valence-corrected chi connectivity index (χ4v) is 2.02. The van der Waals surface area contributed by atoms with Gasteiger partial charge >= 0.3 is 0 Å². The van der Waals surface area contributed by atoms with Crippen molar-refractivity contribution in [1.29, 1.82) is 0 Å². The van der Waals surface area contributed by atoms with E-state index in [-0.39, 0.29) is 5.69 Å². The van der Waals surface area contributed by atoms with Crippen molar-refractivity contribution < 1.29 is 4.92 Å². The lowest BCUT2D eigenvalue weighted by molar-refractivity contribution is -0.384. The summed E-state index contributed by atoms with van der Waals surface area (Å²) in [7, 11) is 1.96. The van der Waals surface area contributed by atoms with Gasteiger partial charge in [-0.05, 0) is 34.1 Å². The molecule has 6 heteroatoms. The number of nitro groups is 1. The van der Waals surface area contributed by atoms with E-state index in [2.05, 4.69) is 21.2 Å². The molecule has 0 saturated carbocycles. The average Bonchev–Trinajstić information content (AvgIpc) is 2.73. The Labute approximate surface area is 113 Å². The van der Waals surface area contributed by atoms with Crippen LogP contribution in [0.2, 0.25) is 0 Å². The zero-order valence-corrected chi connectivity index (χ0v) is 11.3. The first kappa shape index (κ1) is 12.6. The Kier molecular flexibility index (Phi) is 3.66. The summed E-state index contributed by atoms with van der Waals surface area (Å²) >= 11 is 3.37. The van der Waals surface area contributed by atoms with Crippen molar-refractivity contribution in [2.75, 3.05) is 5.32 Å². The molecule has 1 heterocycles. The van der Waals surface area contributed by atoms with Crippen LogP contribution < -0.4 is 5.32 Å². The van der Waals surface area contributed by atoms with Gasteiger partial charge in [0.25, 0.3) is 5.69 Å². The summed E-state index contributed by atoms with van der Waals surface area (Å²) in [6.07, 6.45) is 1.96. The van der Waals surface area contributed by atoms with Gasteiger partial charge < -0.3 is 9.88 Å². The molecule has 1 N–H and O–H groups in total. The number of benzene rings is 1. The second kappa shape index (κ2) is 5.22. The molecule has 1 aromatic heterocycles. The van der Waals surface area contributed by atoms with E-state index in [1.54, 1.807) is 6.07 Å². The first-order valence-corrected chi connectivity index (χ1v) is 6.15. The zero-order valence-electron chi connectivity index (χ0n) is 9.76. The molecule has 2 rings (SSSR count). The number of non-ortho nitro benzene ring substituents is 1. The van der Waals surface area contributed by atoms with Gasteiger partial charge in [0.2, 0.25) is 0 Å². The highest BCUT2D eigenvalue weighted by atomic mass is 79.9. The fourth-order valence-electron chi connectivity index (χ4n) is 1.63. The standard InChI is InChI=1S/C12H12BrN3O2/c1-15-6-2-3-10(15)8-14-12-7-9(16(17)18)4-5-11(12)13/h2-7,14H,8H2,1H3. The van der Waals surface area contributed by atoms with Crippen LogP contribution >= 0.6 is 15.9 Å². The topological polar surface area (TPSA) is 60.1 Å². The molecule has 0 bridgehead atoms. The van der Waals surface area contributed by atoms with Crippen LogP contribution in [0.5, 0.6) is 0 Å². The number of rotatable bonds is 4. The third-order valence-electron chi connectivity index (χ3n) is 2.67. The minimum Gasteiger partial charge on any atom is -0.378 e. The summed E-state index contributed by atoms with van der Waals surface area (Å²) in [6, 6.07) is 8.62. The van der Waals surface area contributed by atoms with Gasteiger partial charge in [0.05, 0.1) is 17.2 Å². The number of nitrogens with zero attached hydrogens (tertiary/aromatic N) is 2. The predicted molar refractivity (Wildman–Crippen MR) is 73.5 cm³/mol. The molecule has 18 heavy (non-hydrogen) atoms. The van der Waals surface area contributed by atoms with Crippen molar-refractivity contribution in [1.82, 2.24) is 4.57 Å². The molecular weight excluding hydrogens is 298 g/mol. The van der Waals surface area contributed by atoms with Crippen LogP contribution in [-0.2, 0) is 13.6 Å². The number of hydrogen-bond donors (Lipinski definition) is 1. The van der Waals surface area contributed by atoms with Crippen LogP contribution in [0.4, 0.5) is 11.4 Å². The SMILES string of the molecule is Cn1cccc1CNc1cc([N+](=O)[O-])ccc1Br. The number of anilines is 1. The highest BCUT2D eigenvalue weighted by Crippen LogP contribution is 2.27. The van der Waals surface area contributed by atoms with Gasteiger partial charge in [-0.3, -0.25) is 10.1 Å². The Bertz CT molecular complexity index is 580. The van der Waals surface area contributed by atoms with Gasteiger partial charge in [0, 0.05) is 35.5 Å². The number of nitro benzene ring substituents is 1. The summed E-state index contributed by atoms with van der Waals surface area (Å²) in [5.74, 6) is 0. The Balaban J connectivity index is 2.16. The predicted octanol–water partition coefficient (Wildman–Crippen LogP) is 3.31. The van der Waals surface area contributed by atoms with E-state index in [1.165, 1.54) is 12.1 Å². The van der Waals surface area contributed by atoms with Gasteiger partial charge in [0.15, 0.2) is 0 Å². The van der Waals surface area contributed by atoms with Crippen molar-refractivity contribution in [2.45, 2.75) is 6.54 Å². The van der Waals surface area contributed by atoms with E-state index in [0.29, 0.717) is 12.2 Å². The van der Waals surface area contributed by atoms with Crippen LogP contribution in [0.25, 0.3) is 0 Å². The van der Waals surface area contributed by atoms with Crippen LogP contribution in [0.1, 0.15) is 5.69 Å². The summed E-state index contributed by atoms with van der Waals surface area (Å²) in [5.41, 5.74) is 1.89. The van der Waals surface area contributed by atoms with Crippen molar-refractivity contribution in [3.05, 3.63) is 56.8 Å². The van der Waals surface area contributed by atoms with Crippen molar-refractivity contribution in [3.63, 3.8) is 0 Å². The van der Waals surface area contributed by atoms with Gasteiger partial charge in [-0.25, -0.2) is 0 Å². The number of hydrogen-bond acceptors (Lipinski definition) is 3. The number of aromatic nitrogens is 1. The Morgan fingerprint density at radius 1 is 1.44 bits per heavy atom. The zero-order chi connectivity index (χ0) is 13.1. The monoisotopic (exact) mass is 309 g/mol. The molecule has 0 radical (unpaired) electrons. The third-order valence-corrected chi connectivity index (χ3v) is 3.36. The summed E-state index contributed by atoms with van der Waals surface area (Å²) < 4.78 is 2.81. The molecular formula is C12H12BrN3O2. The Morgan fingerprint density at radius 2 is 2.22 bits per heavy atom. The maximum Gasteiger partial charge on any atom is 0.271 e. The first-order chi connectivity index (χ1) is 8.58. The Morgan fingerprint density at radius 3 is 2.83 bits per heavy atom. The quantitative estimate of drug-likeness (QED) is 0.696. The van der Waals surface area contributed by atoms with E-state index in [1.807, 2.05) is 29.9 Å². The molecule has 1 aromatic carbocycles. The van der Waals surface area contributed by atoms with Crippen molar-refractivity contribution >= 4 is 27.3 Å². The van der Waals surface area contributed by atoms with E-state index in [4.69, 9.17) is 0 Å². The summed E-state index contributed by atoms with van der Waals surface area (Å²) in [4.78, 5) is 10.3. The molecule has 0 aliphatic rings. The third kappa shape index (κ3) is 2.70. The molecule has 0 atom stereocenters. The Hall–Kier alpha value is -1.82. The minimum absolute atomic E-state index is 0.0765. The van der Waals surface area contributed by atoms with Crippen LogP contribution in [0.3, 0.4) is 0 Å². The molecule has 0 spiro atoms. The second-order valence-electron chi connectivity index (χ2n) is 3.89. The first-order valence-electron chi connectivity index (χ1n) is 5.36. The maximum atomic E-state index is 10.7. The van der Waals surface area contributed by atoms with Crippen LogP contribution in [0, 0.1) is 10.1 Å². The maximum absolute atomic E-state index is 10.7. The van der Waals surface area contributed by atoms with E-state index in [0.717, 1.165) is 10.2 Å². The lowest BCUT2D eigenvalue weighted by atomic mass is 10.2. The second-order valence-corrected chi connectivity index (χ2v) is 4.74. The molecule has 5 nitrogen and oxygen atoms in total.